The second-order valence-electron chi connectivity index (χ2n) is 16.1. The van der Waals surface area contributed by atoms with Gasteiger partial charge < -0.3 is 29.0 Å². The Morgan fingerprint density at radius 3 is 2.16 bits per heavy atom. The fourth-order valence-electron chi connectivity index (χ4n) is 7.87. The fourth-order valence-corrected chi connectivity index (χ4v) is 9.13. The van der Waals surface area contributed by atoms with Crippen LogP contribution in [0, 0.1) is 17.3 Å². The van der Waals surface area contributed by atoms with Crippen LogP contribution in [0.4, 0.5) is 0 Å². The molecule has 3 heterocycles. The number of ether oxygens (including phenoxy) is 4. The number of aliphatic hydroxyl groups excluding tert-OH is 1. The van der Waals surface area contributed by atoms with Crippen LogP contribution in [0.3, 0.4) is 0 Å². The maximum absolute atomic E-state index is 14.3. The number of sulfonamides is 1. The molecule has 3 aliphatic rings. The average Bonchev–Trinajstić information content (AvgIpc) is 3.02. The van der Waals surface area contributed by atoms with Gasteiger partial charge in [-0.2, -0.15) is 4.31 Å². The summed E-state index contributed by atoms with van der Waals surface area (Å²) in [4.78, 5) is 34.6. The summed E-state index contributed by atoms with van der Waals surface area (Å²) < 4.78 is 52.2. The minimum Gasteiger partial charge on any atom is -0.460 e. The number of Topliss-reactive ketones (excluding diaryl/α,β-unsaturated/α-hetero) is 1. The van der Waals surface area contributed by atoms with E-state index in [-0.39, 0.29) is 29.9 Å². The van der Waals surface area contributed by atoms with Crippen molar-refractivity contribution in [2.75, 3.05) is 67.5 Å². The summed E-state index contributed by atoms with van der Waals surface area (Å²) in [6.07, 6.45) is -2.41. The zero-order valence-corrected chi connectivity index (χ0v) is 33.2. The second kappa shape index (κ2) is 16.6. The molecule has 0 unspecified atom stereocenters. The number of hydrogen-bond donors (Lipinski definition) is 1. The molecule has 0 aliphatic carbocycles. The van der Waals surface area contributed by atoms with Gasteiger partial charge in [0.15, 0.2) is 12.1 Å². The summed E-state index contributed by atoms with van der Waals surface area (Å²) in [6, 6.07) is -0.428. The van der Waals surface area contributed by atoms with E-state index < -0.39 is 62.8 Å². The van der Waals surface area contributed by atoms with E-state index in [1.54, 1.807) is 46.0 Å². The van der Waals surface area contributed by atoms with Crippen molar-refractivity contribution in [2.45, 2.75) is 129 Å². The quantitative estimate of drug-likeness (QED) is 0.291. The van der Waals surface area contributed by atoms with Crippen LogP contribution in [-0.2, 0) is 38.6 Å². The molecule has 3 saturated heterocycles. The van der Waals surface area contributed by atoms with Crippen molar-refractivity contribution in [1.82, 2.24) is 19.0 Å². The highest BCUT2D eigenvalue weighted by Gasteiger charge is 2.52. The van der Waals surface area contributed by atoms with E-state index in [4.69, 9.17) is 18.9 Å². The number of aliphatic hydroxyl groups is 1. The number of rotatable bonds is 8. The van der Waals surface area contributed by atoms with Crippen LogP contribution in [-0.4, -0.2) is 165 Å². The molecule has 3 aliphatic heterocycles. The molecule has 286 valence electrons. The first-order valence-corrected chi connectivity index (χ1v) is 19.4. The van der Waals surface area contributed by atoms with E-state index >= 15 is 0 Å². The molecule has 13 nitrogen and oxygen atoms in total. The summed E-state index contributed by atoms with van der Waals surface area (Å²) in [5.41, 5.74) is -2.49. The zero-order chi connectivity index (χ0) is 37.2. The number of likely N-dealkylation sites (N-methyl/N-ethyl adjacent to an activating group) is 2. The first-order chi connectivity index (χ1) is 22.6. The third kappa shape index (κ3) is 9.61. The van der Waals surface area contributed by atoms with E-state index in [0.29, 0.717) is 52.1 Å². The van der Waals surface area contributed by atoms with Gasteiger partial charge in [0.05, 0.1) is 29.1 Å². The minimum absolute atomic E-state index is 0.0567. The monoisotopic (exact) mass is 718 g/mol. The molecule has 0 radical (unpaired) electrons. The number of methoxy groups -OCH3 is 1. The summed E-state index contributed by atoms with van der Waals surface area (Å²) >= 11 is 0. The van der Waals surface area contributed by atoms with Gasteiger partial charge in [-0.25, -0.2) is 8.42 Å². The largest absolute Gasteiger partial charge is 0.460 e. The molecule has 0 aromatic heterocycles. The van der Waals surface area contributed by atoms with Crippen LogP contribution in [0.1, 0.15) is 75.2 Å². The van der Waals surface area contributed by atoms with Gasteiger partial charge in [0.25, 0.3) is 0 Å². The molecule has 3 rings (SSSR count). The highest BCUT2D eigenvalue weighted by molar-refractivity contribution is 7.89. The number of carbonyl (C=O) groups excluding carboxylic acids is 2. The Kier molecular flexibility index (Phi) is 14.3. The molecule has 10 atom stereocenters. The number of carbonyl (C=O) groups is 2. The molecule has 3 fully saturated rings. The molecule has 0 aromatic rings. The molecular weight excluding hydrogens is 652 g/mol. The third-order valence-corrected chi connectivity index (χ3v) is 13.4. The first-order valence-electron chi connectivity index (χ1n) is 17.9. The molecule has 0 saturated carbocycles. The standard InChI is InChI=1S/C35H66N4O9S/c1-22(2)49(43,44)39-16-14-38(15-17-39)21-28-26(6)47-33(42)34(7,8)30(41)25(5)31(35(9,45-13)19-23(3)20-37(28)12)48-32-29(40)27(36(10)11)18-24(4)46-32/h22-29,31-32,40H,14-21H2,1-13H3/t23-,24-,25+,26+,27+,28+,29-,31-,32+,35-/m1/s1. The van der Waals surface area contributed by atoms with E-state index in [1.165, 1.54) is 0 Å². The lowest BCUT2D eigenvalue weighted by molar-refractivity contribution is -0.295. The lowest BCUT2D eigenvalue weighted by Gasteiger charge is -2.47. The topological polar surface area (TPSA) is 138 Å². The number of piperazine rings is 1. The molecular formula is C35H66N4O9S. The Morgan fingerprint density at radius 1 is 1.04 bits per heavy atom. The van der Waals surface area contributed by atoms with E-state index in [9.17, 15) is 23.1 Å². The minimum atomic E-state index is -3.34. The highest BCUT2D eigenvalue weighted by Crippen LogP contribution is 2.38. The van der Waals surface area contributed by atoms with Crippen LogP contribution < -0.4 is 0 Å². The van der Waals surface area contributed by atoms with Crippen molar-refractivity contribution >= 4 is 21.8 Å². The van der Waals surface area contributed by atoms with Gasteiger partial charge in [0.2, 0.25) is 10.0 Å². The predicted molar refractivity (Wildman–Crippen MR) is 188 cm³/mol. The lowest BCUT2D eigenvalue weighted by atomic mass is 9.74. The Morgan fingerprint density at radius 2 is 1.63 bits per heavy atom. The van der Waals surface area contributed by atoms with Gasteiger partial charge in [-0.1, -0.05) is 13.8 Å². The van der Waals surface area contributed by atoms with Gasteiger partial charge in [0.1, 0.15) is 17.6 Å². The van der Waals surface area contributed by atoms with Crippen molar-refractivity contribution in [3.63, 3.8) is 0 Å². The molecule has 49 heavy (non-hydrogen) atoms. The Hall–Kier alpha value is -1.23. The van der Waals surface area contributed by atoms with Gasteiger partial charge in [-0.15, -0.1) is 0 Å². The SMILES string of the molecule is CO[C@]1(C)C[C@@H](C)CN(C)[C@@H](CN2CCN(S(=O)(=O)C(C)C)CC2)[C@H](C)OC(=O)C(C)(C)C(=O)[C@H](C)[C@H]1O[C@@H]1O[C@H](C)C[C@H](N(C)C)[C@H]1O. The molecule has 0 amide bonds. The summed E-state index contributed by atoms with van der Waals surface area (Å²) in [7, 11) is 4.10. The zero-order valence-electron chi connectivity index (χ0n) is 32.3. The normalized spacial score (nSPS) is 38.6. The number of ketones is 1. The van der Waals surface area contributed by atoms with Gasteiger partial charge in [-0.05, 0) is 88.4 Å². The van der Waals surface area contributed by atoms with Crippen LogP contribution in [0.15, 0.2) is 0 Å². The van der Waals surface area contributed by atoms with Crippen molar-refractivity contribution in [3.05, 3.63) is 0 Å². The molecule has 0 aromatic carbocycles. The van der Waals surface area contributed by atoms with Crippen LogP contribution in [0.5, 0.6) is 0 Å². The summed E-state index contributed by atoms with van der Waals surface area (Å²) in [5, 5.41) is 10.9. The van der Waals surface area contributed by atoms with Crippen LogP contribution in [0.2, 0.25) is 0 Å². The number of hydrogen-bond acceptors (Lipinski definition) is 12. The van der Waals surface area contributed by atoms with Crippen molar-refractivity contribution in [1.29, 1.82) is 0 Å². The Bertz CT molecular complexity index is 1230. The molecule has 1 N–H and O–H groups in total. The second-order valence-corrected chi connectivity index (χ2v) is 18.6. The number of esters is 1. The highest BCUT2D eigenvalue weighted by atomic mass is 32.2. The van der Waals surface area contributed by atoms with Gasteiger partial charge in [-0.3, -0.25) is 19.4 Å². The van der Waals surface area contributed by atoms with Gasteiger partial charge >= 0.3 is 5.97 Å². The maximum Gasteiger partial charge on any atom is 0.319 e. The van der Waals surface area contributed by atoms with Gasteiger partial charge in [0, 0.05) is 58.3 Å². The first kappa shape index (κ1) is 42.2. The maximum atomic E-state index is 14.3. The smallest absolute Gasteiger partial charge is 0.319 e. The van der Waals surface area contributed by atoms with Crippen molar-refractivity contribution in [3.8, 4) is 0 Å². The molecule has 0 spiro atoms. The fraction of sp³-hybridized carbons (Fsp3) is 0.943. The van der Waals surface area contributed by atoms with E-state index in [1.807, 2.05) is 46.8 Å². The van der Waals surface area contributed by atoms with E-state index in [2.05, 4.69) is 16.7 Å². The predicted octanol–water partition coefficient (Wildman–Crippen LogP) is 2.06. The average molecular weight is 719 g/mol. The number of cyclic esters (lactones) is 1. The van der Waals surface area contributed by atoms with Crippen LogP contribution in [0.25, 0.3) is 0 Å². The molecule has 14 heteroatoms. The number of nitrogens with zero attached hydrogens (tertiary/aromatic N) is 4. The van der Waals surface area contributed by atoms with Crippen molar-refractivity contribution in [2.24, 2.45) is 17.3 Å². The Balaban J connectivity index is 1.94. The van der Waals surface area contributed by atoms with Crippen LogP contribution >= 0.6 is 0 Å². The Labute approximate surface area is 296 Å². The van der Waals surface area contributed by atoms with Crippen molar-refractivity contribution < 1.29 is 42.1 Å². The van der Waals surface area contributed by atoms with E-state index in [0.717, 1.165) is 0 Å². The molecule has 0 bridgehead atoms. The summed E-state index contributed by atoms with van der Waals surface area (Å²) in [6.45, 7) is 19.3. The lowest BCUT2D eigenvalue weighted by Crippen LogP contribution is -2.59. The summed E-state index contributed by atoms with van der Waals surface area (Å²) in [5.74, 6) is -1.72. The third-order valence-electron chi connectivity index (χ3n) is 11.1.